The summed E-state index contributed by atoms with van der Waals surface area (Å²) in [7, 11) is 0. The van der Waals surface area contributed by atoms with Crippen LogP contribution in [0.4, 0.5) is 11.8 Å². The number of piperidine rings is 1. The fourth-order valence-corrected chi connectivity index (χ4v) is 3.24. The molecule has 3 rings (SSSR count). The van der Waals surface area contributed by atoms with Crippen molar-refractivity contribution in [2.75, 3.05) is 30.3 Å². The highest BCUT2D eigenvalue weighted by molar-refractivity contribution is 5.44. The van der Waals surface area contributed by atoms with Crippen LogP contribution in [0.5, 0.6) is 0 Å². The third kappa shape index (κ3) is 2.45. The minimum absolute atomic E-state index is 0.314. The van der Waals surface area contributed by atoms with Crippen molar-refractivity contribution in [2.24, 2.45) is 0 Å². The van der Waals surface area contributed by atoms with E-state index in [1.165, 1.54) is 0 Å². The van der Waals surface area contributed by atoms with Crippen molar-refractivity contribution in [2.45, 2.75) is 44.3 Å². The van der Waals surface area contributed by atoms with Crippen LogP contribution in [-0.4, -0.2) is 46.5 Å². The lowest BCUT2D eigenvalue weighted by Gasteiger charge is -2.47. The molecular weight excluding hydrogens is 256 g/mol. The Kier molecular flexibility index (Phi) is 3.52. The van der Waals surface area contributed by atoms with E-state index >= 15 is 0 Å². The summed E-state index contributed by atoms with van der Waals surface area (Å²) in [6.45, 7) is 4.33. The Morgan fingerprint density at radius 2 is 2.15 bits per heavy atom. The van der Waals surface area contributed by atoms with Crippen molar-refractivity contribution in [3.63, 3.8) is 0 Å². The molecule has 0 aliphatic carbocycles. The molecule has 2 fully saturated rings. The number of anilines is 2. The van der Waals surface area contributed by atoms with Gasteiger partial charge in [-0.15, -0.1) is 0 Å². The molecule has 1 unspecified atom stereocenters. The molecular formula is C14H22N4O2. The summed E-state index contributed by atoms with van der Waals surface area (Å²) in [5, 5.41) is 10.2. The average Bonchev–Trinajstić information content (AvgIpc) is 2.42. The minimum Gasteiger partial charge on any atom is -0.390 e. The fourth-order valence-electron chi connectivity index (χ4n) is 3.24. The summed E-state index contributed by atoms with van der Waals surface area (Å²) >= 11 is 0. The van der Waals surface area contributed by atoms with E-state index in [0.29, 0.717) is 5.95 Å². The number of ether oxygens (including phenoxy) is 1. The first-order chi connectivity index (χ1) is 9.59. The van der Waals surface area contributed by atoms with Crippen LogP contribution >= 0.6 is 0 Å². The number of nitrogens with zero attached hydrogens (tertiary/aromatic N) is 3. The Morgan fingerprint density at radius 3 is 2.80 bits per heavy atom. The van der Waals surface area contributed by atoms with E-state index in [0.717, 1.165) is 56.9 Å². The minimum atomic E-state index is -0.345. The van der Waals surface area contributed by atoms with Gasteiger partial charge in [0.1, 0.15) is 5.82 Å². The highest BCUT2D eigenvalue weighted by Crippen LogP contribution is 2.36. The average molecular weight is 278 g/mol. The van der Waals surface area contributed by atoms with Crippen LogP contribution in [0, 0.1) is 6.92 Å². The van der Waals surface area contributed by atoms with Gasteiger partial charge in [0.2, 0.25) is 5.95 Å². The van der Waals surface area contributed by atoms with Gasteiger partial charge in [-0.25, -0.2) is 4.98 Å². The van der Waals surface area contributed by atoms with Gasteiger partial charge in [-0.2, -0.15) is 4.98 Å². The fraction of sp³-hybridized carbons (Fsp3) is 0.714. The van der Waals surface area contributed by atoms with Crippen molar-refractivity contribution in [3.05, 3.63) is 11.8 Å². The number of nitrogens with two attached hydrogens (primary N) is 1. The number of nitrogen functional groups attached to an aromatic ring is 1. The van der Waals surface area contributed by atoms with Gasteiger partial charge in [0.25, 0.3) is 0 Å². The number of aromatic nitrogens is 2. The third-order valence-electron chi connectivity index (χ3n) is 4.41. The maximum Gasteiger partial charge on any atom is 0.222 e. The molecule has 1 aromatic rings. The van der Waals surface area contributed by atoms with Gasteiger partial charge in [-0.1, -0.05) is 0 Å². The van der Waals surface area contributed by atoms with E-state index in [1.807, 2.05) is 13.0 Å². The molecule has 1 aromatic heterocycles. The first kappa shape index (κ1) is 13.6. The summed E-state index contributed by atoms with van der Waals surface area (Å²) in [6.07, 6.45) is 3.12. The molecule has 0 amide bonds. The Hall–Kier alpha value is -1.40. The van der Waals surface area contributed by atoms with E-state index in [1.54, 1.807) is 0 Å². The van der Waals surface area contributed by atoms with Gasteiger partial charge in [0.15, 0.2) is 0 Å². The van der Waals surface area contributed by atoms with Crippen LogP contribution in [0.3, 0.4) is 0 Å². The molecule has 1 spiro atoms. The standard InChI is InChI=1S/C14H22N4O2/c1-10-9-12(17-13(15)16-10)18-6-4-14(5-7-18)11(19)3-2-8-20-14/h9,11,19H,2-8H2,1H3,(H2,15,16,17). The molecule has 20 heavy (non-hydrogen) atoms. The molecule has 0 bridgehead atoms. The molecule has 2 aliphatic heterocycles. The van der Waals surface area contributed by atoms with Crippen molar-refractivity contribution in [1.82, 2.24) is 9.97 Å². The van der Waals surface area contributed by atoms with Crippen molar-refractivity contribution in [1.29, 1.82) is 0 Å². The molecule has 1 atom stereocenters. The molecule has 110 valence electrons. The second-order valence-corrected chi connectivity index (χ2v) is 5.78. The summed E-state index contributed by atoms with van der Waals surface area (Å²) in [5.41, 5.74) is 6.24. The Morgan fingerprint density at radius 1 is 1.40 bits per heavy atom. The number of aliphatic hydroxyl groups is 1. The molecule has 6 nitrogen and oxygen atoms in total. The van der Waals surface area contributed by atoms with Gasteiger partial charge < -0.3 is 20.5 Å². The number of hydrogen-bond acceptors (Lipinski definition) is 6. The lowest BCUT2D eigenvalue weighted by Crippen LogP contribution is -2.55. The quantitative estimate of drug-likeness (QED) is 0.793. The van der Waals surface area contributed by atoms with E-state index in [2.05, 4.69) is 14.9 Å². The van der Waals surface area contributed by atoms with Crippen molar-refractivity contribution in [3.8, 4) is 0 Å². The number of hydrogen-bond donors (Lipinski definition) is 2. The molecule has 0 saturated carbocycles. The van der Waals surface area contributed by atoms with Gasteiger partial charge in [-0.3, -0.25) is 0 Å². The monoisotopic (exact) mass is 278 g/mol. The highest BCUT2D eigenvalue weighted by Gasteiger charge is 2.43. The molecule has 2 saturated heterocycles. The molecule has 2 aliphatic rings. The van der Waals surface area contributed by atoms with Crippen LogP contribution in [0.1, 0.15) is 31.4 Å². The smallest absolute Gasteiger partial charge is 0.222 e. The maximum absolute atomic E-state index is 10.2. The van der Waals surface area contributed by atoms with Gasteiger partial charge in [-0.05, 0) is 32.6 Å². The maximum atomic E-state index is 10.2. The zero-order chi connectivity index (χ0) is 14.2. The van der Waals surface area contributed by atoms with Crippen LogP contribution in [0.15, 0.2) is 6.07 Å². The Bertz CT molecular complexity index is 466. The molecule has 0 aromatic carbocycles. The number of aryl methyl sites for hydroxylation is 1. The lowest BCUT2D eigenvalue weighted by atomic mass is 9.82. The van der Waals surface area contributed by atoms with Gasteiger partial charge >= 0.3 is 0 Å². The molecule has 0 radical (unpaired) electrons. The Balaban J connectivity index is 1.71. The van der Waals surface area contributed by atoms with Gasteiger partial charge in [0.05, 0.1) is 11.7 Å². The Labute approximate surface area is 119 Å². The number of aliphatic hydroxyl groups excluding tert-OH is 1. The van der Waals surface area contributed by atoms with E-state index < -0.39 is 0 Å². The summed E-state index contributed by atoms with van der Waals surface area (Å²) in [5.74, 6) is 1.18. The zero-order valence-electron chi connectivity index (χ0n) is 11.9. The van der Waals surface area contributed by atoms with Gasteiger partial charge in [0, 0.05) is 31.5 Å². The van der Waals surface area contributed by atoms with Crippen LogP contribution in [0.2, 0.25) is 0 Å². The third-order valence-corrected chi connectivity index (χ3v) is 4.41. The summed E-state index contributed by atoms with van der Waals surface area (Å²) in [4.78, 5) is 10.6. The van der Waals surface area contributed by atoms with Crippen molar-refractivity contribution >= 4 is 11.8 Å². The molecule has 3 heterocycles. The predicted molar refractivity (Wildman–Crippen MR) is 76.6 cm³/mol. The predicted octanol–water partition coefficient (Wildman–Crippen LogP) is 0.878. The van der Waals surface area contributed by atoms with Crippen molar-refractivity contribution < 1.29 is 9.84 Å². The lowest BCUT2D eigenvalue weighted by molar-refractivity contribution is -0.164. The van der Waals surface area contributed by atoms with Crippen LogP contribution in [0.25, 0.3) is 0 Å². The first-order valence-electron chi connectivity index (χ1n) is 7.27. The summed E-state index contributed by atoms with van der Waals surface area (Å²) in [6, 6.07) is 1.95. The largest absolute Gasteiger partial charge is 0.390 e. The van der Waals surface area contributed by atoms with Crippen LogP contribution in [-0.2, 0) is 4.74 Å². The van der Waals surface area contributed by atoms with E-state index in [-0.39, 0.29) is 11.7 Å². The van der Waals surface area contributed by atoms with E-state index in [9.17, 15) is 5.11 Å². The van der Waals surface area contributed by atoms with Crippen LogP contribution < -0.4 is 10.6 Å². The zero-order valence-corrected chi connectivity index (χ0v) is 11.9. The van der Waals surface area contributed by atoms with E-state index in [4.69, 9.17) is 10.5 Å². The number of rotatable bonds is 1. The normalized spacial score (nSPS) is 25.9. The second kappa shape index (κ2) is 5.18. The SMILES string of the molecule is Cc1cc(N2CCC3(CC2)OCCCC3O)nc(N)n1. The molecule has 3 N–H and O–H groups in total. The molecule has 6 heteroatoms. The highest BCUT2D eigenvalue weighted by atomic mass is 16.5. The second-order valence-electron chi connectivity index (χ2n) is 5.78. The topological polar surface area (TPSA) is 84.5 Å². The summed E-state index contributed by atoms with van der Waals surface area (Å²) < 4.78 is 5.92. The first-order valence-corrected chi connectivity index (χ1v) is 7.27.